The summed E-state index contributed by atoms with van der Waals surface area (Å²) in [6, 6.07) is -0.276. The Balaban J connectivity index is 1.79. The van der Waals surface area contributed by atoms with Gasteiger partial charge in [0.05, 0.1) is 36.4 Å². The van der Waals surface area contributed by atoms with Crippen LogP contribution < -0.4 is 0 Å². The van der Waals surface area contributed by atoms with Crippen molar-refractivity contribution in [2.24, 2.45) is 29.1 Å². The number of amides is 1. The summed E-state index contributed by atoms with van der Waals surface area (Å²) in [6.07, 6.45) is 12.0. The first-order valence-electron chi connectivity index (χ1n) is 13.1. The van der Waals surface area contributed by atoms with Crippen molar-refractivity contribution in [3.63, 3.8) is 0 Å². The Labute approximate surface area is 213 Å². The summed E-state index contributed by atoms with van der Waals surface area (Å²) in [5, 5.41) is 52.8. The normalized spacial score (nSPS) is 50.1. The second kappa shape index (κ2) is 10.4. The molecule has 4 unspecified atom stereocenters. The molecule has 0 spiro atoms. The molecule has 7 nitrogen and oxygen atoms in total. The van der Waals surface area contributed by atoms with E-state index in [1.165, 1.54) is 6.08 Å². The van der Waals surface area contributed by atoms with E-state index in [4.69, 9.17) is 0 Å². The highest BCUT2D eigenvalue weighted by Gasteiger charge is 2.62. The number of hydrogen-bond acceptors (Lipinski definition) is 6. The Morgan fingerprint density at radius 1 is 0.889 bits per heavy atom. The Bertz CT molecular complexity index is 984. The van der Waals surface area contributed by atoms with E-state index in [2.05, 4.69) is 13.0 Å². The molecule has 2 fully saturated rings. The maximum atomic E-state index is 13.4. The summed E-state index contributed by atoms with van der Waals surface area (Å²) >= 11 is 0. The molecule has 5 N–H and O–H groups in total. The van der Waals surface area contributed by atoms with E-state index in [-0.39, 0.29) is 42.2 Å². The van der Waals surface area contributed by atoms with E-state index in [0.717, 1.165) is 5.57 Å². The van der Waals surface area contributed by atoms with Gasteiger partial charge in [0.2, 0.25) is 5.91 Å². The van der Waals surface area contributed by atoms with Crippen LogP contribution in [0.5, 0.6) is 0 Å². The third-order valence-corrected chi connectivity index (χ3v) is 8.76. The molecular formula is C29H41NO6. The number of aliphatic hydroxyl groups excluding tert-OH is 5. The first-order valence-corrected chi connectivity index (χ1v) is 13.1. The lowest BCUT2D eigenvalue weighted by molar-refractivity contribution is -0.131. The molecule has 0 aromatic heterocycles. The molecule has 0 aromatic rings. The molecule has 0 radical (unpaired) electrons. The molecule has 0 saturated carbocycles. The highest BCUT2D eigenvalue weighted by molar-refractivity contribution is 5.85. The number of fused-ring (bicyclic) bond motifs is 5. The van der Waals surface area contributed by atoms with Crippen molar-refractivity contribution in [1.82, 2.24) is 4.90 Å². The fourth-order valence-electron chi connectivity index (χ4n) is 6.84. The maximum absolute atomic E-state index is 13.4. The smallest absolute Gasteiger partial charge is 0.230 e. The summed E-state index contributed by atoms with van der Waals surface area (Å²) in [5.74, 6) is -0.942. The quantitative estimate of drug-likeness (QED) is 0.325. The van der Waals surface area contributed by atoms with E-state index < -0.39 is 41.9 Å². The van der Waals surface area contributed by atoms with Gasteiger partial charge in [0.15, 0.2) is 0 Å². The van der Waals surface area contributed by atoms with Gasteiger partial charge in [-0.15, -0.1) is 0 Å². The first kappa shape index (κ1) is 27.0. The second-order valence-electron chi connectivity index (χ2n) is 11.4. The monoisotopic (exact) mass is 499 g/mol. The van der Waals surface area contributed by atoms with Gasteiger partial charge in [-0.05, 0) is 20.3 Å². The number of carbonyl (C=O) groups is 1. The Morgan fingerprint density at radius 3 is 2.31 bits per heavy atom. The van der Waals surface area contributed by atoms with E-state index >= 15 is 0 Å². The van der Waals surface area contributed by atoms with Gasteiger partial charge in [-0.3, -0.25) is 4.79 Å². The first-order chi connectivity index (χ1) is 17.0. The van der Waals surface area contributed by atoms with Crippen molar-refractivity contribution in [2.75, 3.05) is 0 Å². The fraction of sp³-hybridized carbons (Fsp3) is 0.621. The Kier molecular flexibility index (Phi) is 7.79. The second-order valence-corrected chi connectivity index (χ2v) is 11.4. The zero-order valence-electron chi connectivity index (χ0n) is 21.6. The largest absolute Gasteiger partial charge is 0.391 e. The number of carbonyl (C=O) groups excluding carboxylic acids is 1. The van der Waals surface area contributed by atoms with Crippen LogP contribution in [0.25, 0.3) is 0 Å². The van der Waals surface area contributed by atoms with Crippen LogP contribution in [0.1, 0.15) is 40.5 Å². The molecule has 7 heteroatoms. The molecule has 198 valence electrons. The molecule has 36 heavy (non-hydrogen) atoms. The average molecular weight is 500 g/mol. The summed E-state index contributed by atoms with van der Waals surface area (Å²) in [4.78, 5) is 15.3. The van der Waals surface area contributed by atoms with Gasteiger partial charge < -0.3 is 30.4 Å². The van der Waals surface area contributed by atoms with Crippen molar-refractivity contribution < 1.29 is 30.3 Å². The minimum atomic E-state index is -1.41. The third-order valence-electron chi connectivity index (χ3n) is 8.76. The van der Waals surface area contributed by atoms with Crippen LogP contribution in [0.3, 0.4) is 0 Å². The highest BCUT2D eigenvalue weighted by atomic mass is 16.4. The molecule has 1 amide bonds. The molecular weight excluding hydrogens is 458 g/mol. The molecule has 2 saturated heterocycles. The molecule has 2 aliphatic heterocycles. The number of allylic oxidation sites excluding steroid dienone is 7. The number of rotatable bonds is 0. The van der Waals surface area contributed by atoms with Crippen LogP contribution in [-0.2, 0) is 4.79 Å². The van der Waals surface area contributed by atoms with Crippen molar-refractivity contribution >= 4 is 5.91 Å². The van der Waals surface area contributed by atoms with Gasteiger partial charge in [0.25, 0.3) is 0 Å². The van der Waals surface area contributed by atoms with Gasteiger partial charge in [-0.25, -0.2) is 0 Å². The predicted molar refractivity (Wildman–Crippen MR) is 137 cm³/mol. The van der Waals surface area contributed by atoms with E-state index in [0.29, 0.717) is 6.42 Å². The van der Waals surface area contributed by atoms with Gasteiger partial charge >= 0.3 is 0 Å². The lowest BCUT2D eigenvalue weighted by atomic mass is 9.58. The number of nitrogens with zero attached hydrogens (tertiary/aromatic N) is 1. The fourth-order valence-corrected chi connectivity index (χ4v) is 6.84. The van der Waals surface area contributed by atoms with Crippen molar-refractivity contribution in [2.45, 2.75) is 83.1 Å². The highest BCUT2D eigenvalue weighted by Crippen LogP contribution is 2.56. The van der Waals surface area contributed by atoms with Gasteiger partial charge in [-0.1, -0.05) is 74.1 Å². The van der Waals surface area contributed by atoms with Crippen molar-refractivity contribution in [1.29, 1.82) is 0 Å². The minimum absolute atomic E-state index is 0.00935. The van der Waals surface area contributed by atoms with Crippen LogP contribution in [0.15, 0.2) is 60.3 Å². The van der Waals surface area contributed by atoms with Crippen LogP contribution >= 0.6 is 0 Å². The topological polar surface area (TPSA) is 121 Å². The standard InChI is InChI=1S/C29H41NO6/c1-16-7-5-6-8-20(31)14-23(33)27(35)26(34)17(2)9-10-19-11-12-21-24(29(19,4)15-16)25-22(32)13-18(3)30(25)28(21)36/h5-12,15,17-27,31-35H,13-14H2,1-4H3/b7-5+,8-6-,10-9+,16-15?/t17-,18-,19?,20-,21?,22+,23-,24?,25?,26+,27+,29+/m0/s1. The van der Waals surface area contributed by atoms with E-state index in [1.54, 1.807) is 13.0 Å². The van der Waals surface area contributed by atoms with Crippen molar-refractivity contribution in [3.8, 4) is 0 Å². The van der Waals surface area contributed by atoms with Crippen LogP contribution in [0, 0.1) is 29.1 Å². The Hall–Kier alpha value is -2.03. The minimum Gasteiger partial charge on any atom is -0.391 e. The summed E-state index contributed by atoms with van der Waals surface area (Å²) in [6.45, 7) is 7.90. The average Bonchev–Trinajstić information content (AvgIpc) is 3.28. The third kappa shape index (κ3) is 4.79. The summed E-state index contributed by atoms with van der Waals surface area (Å²) < 4.78 is 0. The molecule has 2 aliphatic carbocycles. The van der Waals surface area contributed by atoms with Crippen molar-refractivity contribution in [3.05, 3.63) is 60.3 Å². The SMILES string of the molecule is CC1=C[C@]2(C)C(C=CC3C(=O)N4C(C32)[C@H](O)C[C@@H]4C)/C=C/[C@H](C)[C@@H](O)[C@H](O)[C@@H](O)C[C@@H](O)/C=C\C=C\1. The zero-order valence-corrected chi connectivity index (χ0v) is 21.6. The predicted octanol–water partition coefficient (Wildman–Crippen LogP) is 1.87. The van der Waals surface area contributed by atoms with Crippen LogP contribution in [0.2, 0.25) is 0 Å². The number of aliphatic hydroxyl groups is 5. The molecule has 4 aliphatic rings. The molecule has 0 bridgehead atoms. The lowest BCUT2D eigenvalue weighted by Crippen LogP contribution is -2.47. The molecule has 2 heterocycles. The maximum Gasteiger partial charge on any atom is 0.230 e. The van der Waals surface area contributed by atoms with Crippen LogP contribution in [0.4, 0.5) is 0 Å². The van der Waals surface area contributed by atoms with E-state index in [9.17, 15) is 30.3 Å². The van der Waals surface area contributed by atoms with Crippen LogP contribution in [-0.4, -0.2) is 78.9 Å². The van der Waals surface area contributed by atoms with Gasteiger partial charge in [-0.2, -0.15) is 0 Å². The van der Waals surface area contributed by atoms with Gasteiger partial charge in [0.1, 0.15) is 6.10 Å². The van der Waals surface area contributed by atoms with E-state index in [1.807, 2.05) is 55.2 Å². The molecule has 0 aromatic carbocycles. The summed E-state index contributed by atoms with van der Waals surface area (Å²) in [7, 11) is 0. The molecule has 4 rings (SSSR count). The lowest BCUT2D eigenvalue weighted by Gasteiger charge is -2.45. The Morgan fingerprint density at radius 2 is 1.58 bits per heavy atom. The number of hydrogen-bond donors (Lipinski definition) is 5. The zero-order chi connectivity index (χ0) is 26.4. The van der Waals surface area contributed by atoms with Gasteiger partial charge in [0, 0.05) is 35.6 Å². The summed E-state index contributed by atoms with van der Waals surface area (Å²) in [5.41, 5.74) is 0.485. The molecule has 12 atom stereocenters.